The van der Waals surface area contributed by atoms with Crippen molar-refractivity contribution in [1.29, 1.82) is 0 Å². The molecule has 1 amide bonds. The Balaban J connectivity index is 1.91. The number of piperidine rings is 1. The molecule has 20 heavy (non-hydrogen) atoms. The Bertz CT molecular complexity index is 450. The first-order chi connectivity index (χ1) is 9.49. The Hall–Kier alpha value is -1.06. The molecule has 1 unspecified atom stereocenters. The third kappa shape index (κ3) is 3.97. The van der Waals surface area contributed by atoms with Gasteiger partial charge >= 0.3 is 0 Å². The van der Waals surface area contributed by atoms with E-state index >= 15 is 0 Å². The number of nitrogens with one attached hydrogen (secondary N) is 2. The summed E-state index contributed by atoms with van der Waals surface area (Å²) >= 11 is 5.91. The minimum absolute atomic E-state index is 0.0949. The fraction of sp³-hybridized carbons (Fsp3) is 0.562. The lowest BCUT2D eigenvalue weighted by atomic mass is 9.84. The van der Waals surface area contributed by atoms with Crippen molar-refractivity contribution in [2.75, 3.05) is 19.6 Å². The first-order valence-electron chi connectivity index (χ1n) is 7.23. The minimum atomic E-state index is -0.0949. The number of hydrogen-bond donors (Lipinski definition) is 2. The average molecular weight is 295 g/mol. The second-order valence-electron chi connectivity index (χ2n) is 6.15. The van der Waals surface area contributed by atoms with Crippen LogP contribution in [0.4, 0.5) is 0 Å². The number of rotatable bonds is 4. The molecule has 0 bridgehead atoms. The number of hydrogen-bond acceptors (Lipinski definition) is 2. The molecular formula is C16H23ClN2O. The zero-order chi connectivity index (χ0) is 14.6. The highest BCUT2D eigenvalue weighted by atomic mass is 35.5. The highest BCUT2D eigenvalue weighted by Crippen LogP contribution is 2.24. The Labute approximate surface area is 126 Å². The van der Waals surface area contributed by atoms with E-state index in [9.17, 15) is 4.79 Å². The number of halogens is 1. The largest absolute Gasteiger partial charge is 0.355 e. The third-order valence-electron chi connectivity index (χ3n) is 4.00. The molecule has 0 aliphatic carbocycles. The molecule has 1 aliphatic heterocycles. The summed E-state index contributed by atoms with van der Waals surface area (Å²) < 4.78 is 0. The van der Waals surface area contributed by atoms with Gasteiger partial charge in [0.25, 0.3) is 0 Å². The molecule has 4 heteroatoms. The summed E-state index contributed by atoms with van der Waals surface area (Å²) in [6.07, 6.45) is 2.07. The maximum absolute atomic E-state index is 12.2. The van der Waals surface area contributed by atoms with Gasteiger partial charge in [0.15, 0.2) is 0 Å². The molecule has 1 aliphatic rings. The van der Waals surface area contributed by atoms with Crippen LogP contribution in [-0.4, -0.2) is 25.5 Å². The molecule has 0 spiro atoms. The van der Waals surface area contributed by atoms with Crippen LogP contribution in [0.3, 0.4) is 0 Å². The number of carbonyl (C=O) groups excluding carboxylic acids is 1. The van der Waals surface area contributed by atoms with Crippen LogP contribution >= 0.6 is 11.6 Å². The molecule has 1 aromatic rings. The first kappa shape index (κ1) is 15.3. The Kier molecular flexibility index (Phi) is 5.06. The Morgan fingerprint density at radius 1 is 1.40 bits per heavy atom. The minimum Gasteiger partial charge on any atom is -0.355 e. The normalized spacial score (nSPS) is 19.6. The highest BCUT2D eigenvalue weighted by Gasteiger charge is 2.25. The van der Waals surface area contributed by atoms with Gasteiger partial charge in [0.05, 0.1) is 5.92 Å². The second kappa shape index (κ2) is 6.59. The van der Waals surface area contributed by atoms with E-state index in [-0.39, 0.29) is 17.2 Å². The number of amides is 1. The smallest absolute Gasteiger partial charge is 0.224 e. The van der Waals surface area contributed by atoms with E-state index in [1.807, 2.05) is 24.3 Å². The SMILES string of the molecule is CC(C)(CNC(=O)C1CCCNC1)c1ccc(Cl)cc1. The molecule has 0 saturated carbocycles. The van der Waals surface area contributed by atoms with Gasteiger partial charge in [-0.1, -0.05) is 37.6 Å². The summed E-state index contributed by atoms with van der Waals surface area (Å²) in [4.78, 5) is 12.2. The molecule has 110 valence electrons. The zero-order valence-electron chi connectivity index (χ0n) is 12.2. The lowest BCUT2D eigenvalue weighted by Crippen LogP contribution is -2.44. The van der Waals surface area contributed by atoms with Crippen molar-refractivity contribution >= 4 is 17.5 Å². The van der Waals surface area contributed by atoms with Gasteiger partial charge in [0, 0.05) is 23.5 Å². The molecule has 2 N–H and O–H groups in total. The van der Waals surface area contributed by atoms with Gasteiger partial charge < -0.3 is 10.6 Å². The van der Waals surface area contributed by atoms with Crippen molar-refractivity contribution in [3.05, 3.63) is 34.9 Å². The molecule has 2 rings (SSSR count). The lowest BCUT2D eigenvalue weighted by molar-refractivity contribution is -0.125. The van der Waals surface area contributed by atoms with Gasteiger partial charge in [-0.25, -0.2) is 0 Å². The highest BCUT2D eigenvalue weighted by molar-refractivity contribution is 6.30. The maximum atomic E-state index is 12.2. The average Bonchev–Trinajstić information content (AvgIpc) is 2.46. The number of benzene rings is 1. The van der Waals surface area contributed by atoms with Crippen LogP contribution in [-0.2, 0) is 10.2 Å². The molecule has 0 radical (unpaired) electrons. The Morgan fingerprint density at radius 2 is 2.10 bits per heavy atom. The van der Waals surface area contributed by atoms with Crippen LogP contribution in [0.2, 0.25) is 5.02 Å². The molecule has 1 atom stereocenters. The van der Waals surface area contributed by atoms with Crippen LogP contribution in [0.5, 0.6) is 0 Å². The maximum Gasteiger partial charge on any atom is 0.224 e. The molecule has 1 heterocycles. The van der Waals surface area contributed by atoms with E-state index < -0.39 is 0 Å². The topological polar surface area (TPSA) is 41.1 Å². The van der Waals surface area contributed by atoms with Gasteiger partial charge in [-0.3, -0.25) is 4.79 Å². The van der Waals surface area contributed by atoms with Crippen molar-refractivity contribution in [1.82, 2.24) is 10.6 Å². The standard InChI is InChI=1S/C16H23ClN2O/c1-16(2,13-5-7-14(17)8-6-13)11-19-15(20)12-4-3-9-18-10-12/h5-8,12,18H,3-4,9-11H2,1-2H3,(H,19,20). The second-order valence-corrected chi connectivity index (χ2v) is 6.59. The van der Waals surface area contributed by atoms with Crippen molar-refractivity contribution in [3.8, 4) is 0 Å². The molecule has 3 nitrogen and oxygen atoms in total. The zero-order valence-corrected chi connectivity index (χ0v) is 13.0. The van der Waals surface area contributed by atoms with Crippen molar-refractivity contribution in [3.63, 3.8) is 0 Å². The molecule has 0 aromatic heterocycles. The van der Waals surface area contributed by atoms with E-state index in [1.165, 1.54) is 5.56 Å². The summed E-state index contributed by atoms with van der Waals surface area (Å²) in [6.45, 7) is 6.74. The Morgan fingerprint density at radius 3 is 2.70 bits per heavy atom. The fourth-order valence-electron chi connectivity index (χ4n) is 2.53. The van der Waals surface area contributed by atoms with Gasteiger partial charge in [-0.2, -0.15) is 0 Å². The van der Waals surface area contributed by atoms with E-state index in [1.54, 1.807) is 0 Å². The monoisotopic (exact) mass is 294 g/mol. The van der Waals surface area contributed by atoms with Gasteiger partial charge in [-0.15, -0.1) is 0 Å². The number of carbonyl (C=O) groups is 1. The fourth-order valence-corrected chi connectivity index (χ4v) is 2.66. The lowest BCUT2D eigenvalue weighted by Gasteiger charge is -2.28. The molecule has 1 fully saturated rings. The van der Waals surface area contributed by atoms with Crippen LogP contribution < -0.4 is 10.6 Å². The van der Waals surface area contributed by atoms with Crippen LogP contribution in [0.25, 0.3) is 0 Å². The molecular weight excluding hydrogens is 272 g/mol. The van der Waals surface area contributed by atoms with E-state index in [2.05, 4.69) is 24.5 Å². The summed E-state index contributed by atoms with van der Waals surface area (Å²) in [5.74, 6) is 0.281. The van der Waals surface area contributed by atoms with Crippen molar-refractivity contribution in [2.24, 2.45) is 5.92 Å². The quantitative estimate of drug-likeness (QED) is 0.896. The van der Waals surface area contributed by atoms with Crippen LogP contribution in [0.1, 0.15) is 32.3 Å². The summed E-state index contributed by atoms with van der Waals surface area (Å²) in [5, 5.41) is 7.11. The molecule has 1 saturated heterocycles. The van der Waals surface area contributed by atoms with Crippen molar-refractivity contribution < 1.29 is 4.79 Å². The van der Waals surface area contributed by atoms with E-state index in [0.29, 0.717) is 6.54 Å². The van der Waals surface area contributed by atoms with E-state index in [4.69, 9.17) is 11.6 Å². The van der Waals surface area contributed by atoms with Gasteiger partial charge in [0.2, 0.25) is 5.91 Å². The molecule has 1 aromatic carbocycles. The van der Waals surface area contributed by atoms with Crippen LogP contribution in [0.15, 0.2) is 24.3 Å². The summed E-state index contributed by atoms with van der Waals surface area (Å²) in [5.41, 5.74) is 1.09. The summed E-state index contributed by atoms with van der Waals surface area (Å²) in [6, 6.07) is 7.84. The predicted molar refractivity (Wildman–Crippen MR) is 83.1 cm³/mol. The van der Waals surface area contributed by atoms with Crippen LogP contribution in [0, 0.1) is 5.92 Å². The third-order valence-corrected chi connectivity index (χ3v) is 4.25. The summed E-state index contributed by atoms with van der Waals surface area (Å²) in [7, 11) is 0. The van der Waals surface area contributed by atoms with Gasteiger partial charge in [0.1, 0.15) is 0 Å². The van der Waals surface area contributed by atoms with Crippen molar-refractivity contribution in [2.45, 2.75) is 32.1 Å². The van der Waals surface area contributed by atoms with Gasteiger partial charge in [-0.05, 0) is 37.1 Å². The first-order valence-corrected chi connectivity index (χ1v) is 7.61. The van der Waals surface area contributed by atoms with E-state index in [0.717, 1.165) is 31.0 Å². The predicted octanol–water partition coefficient (Wildman–Crippen LogP) is 2.73.